The van der Waals surface area contributed by atoms with E-state index in [1.165, 1.54) is 12.8 Å². The van der Waals surface area contributed by atoms with Crippen LogP contribution in [-0.4, -0.2) is 23.6 Å². The van der Waals surface area contributed by atoms with Crippen molar-refractivity contribution in [3.63, 3.8) is 0 Å². The molecule has 28 heavy (non-hydrogen) atoms. The van der Waals surface area contributed by atoms with Crippen LogP contribution in [-0.2, 0) is 14.3 Å². The van der Waals surface area contributed by atoms with E-state index in [1.807, 2.05) is 26.0 Å². The fourth-order valence-corrected chi connectivity index (χ4v) is 4.89. The van der Waals surface area contributed by atoms with Crippen LogP contribution in [0.25, 0.3) is 0 Å². The minimum Gasteiger partial charge on any atom is -0.466 e. The van der Waals surface area contributed by atoms with Crippen LogP contribution in [0.2, 0.25) is 0 Å². The van der Waals surface area contributed by atoms with Gasteiger partial charge >= 0.3 is 5.97 Å². The predicted octanol–water partition coefficient (Wildman–Crippen LogP) is 5.04. The minimum atomic E-state index is -0.424. The van der Waals surface area contributed by atoms with Crippen LogP contribution in [0.5, 0.6) is 0 Å². The summed E-state index contributed by atoms with van der Waals surface area (Å²) < 4.78 is 11.8. The van der Waals surface area contributed by atoms with Crippen LogP contribution in [0, 0.1) is 12.8 Å². The molecule has 5 heteroatoms. The molecule has 2 aliphatic carbocycles. The molecule has 1 aromatic rings. The Morgan fingerprint density at radius 2 is 1.79 bits per heavy atom. The molecule has 0 radical (unpaired) electrons. The number of allylic oxidation sites excluding steroid dienone is 1. The lowest BCUT2D eigenvalue weighted by Gasteiger charge is -2.34. The van der Waals surface area contributed by atoms with Crippen molar-refractivity contribution in [1.29, 1.82) is 0 Å². The first-order valence-electron chi connectivity index (χ1n) is 10.6. The van der Waals surface area contributed by atoms with Crippen LogP contribution < -0.4 is 0 Å². The fourth-order valence-electron chi connectivity index (χ4n) is 4.89. The molecule has 1 aromatic heterocycles. The maximum atomic E-state index is 13.3. The second-order valence-corrected chi connectivity index (χ2v) is 8.34. The summed E-state index contributed by atoms with van der Waals surface area (Å²) in [6.45, 7) is 3.74. The van der Waals surface area contributed by atoms with Crippen LogP contribution in [0.4, 0.5) is 0 Å². The molecule has 0 amide bonds. The number of hydrogen-bond donors (Lipinski definition) is 0. The second-order valence-electron chi connectivity index (χ2n) is 8.34. The van der Waals surface area contributed by atoms with Gasteiger partial charge < -0.3 is 9.15 Å². The van der Waals surface area contributed by atoms with Gasteiger partial charge in [-0.1, -0.05) is 12.8 Å². The first-order chi connectivity index (χ1) is 13.5. The van der Waals surface area contributed by atoms with E-state index in [0.29, 0.717) is 23.5 Å². The number of nitrogens with zero attached hydrogens (tertiary/aromatic N) is 1. The third-order valence-electron chi connectivity index (χ3n) is 6.27. The maximum absolute atomic E-state index is 13.3. The molecule has 0 spiro atoms. The van der Waals surface area contributed by atoms with Crippen molar-refractivity contribution in [3.8, 4) is 0 Å². The number of Topliss-reactive ketones (excluding diaryl/α,β-unsaturated/α-hetero) is 1. The van der Waals surface area contributed by atoms with Crippen LogP contribution in [0.3, 0.4) is 0 Å². The molecule has 150 valence electrons. The largest absolute Gasteiger partial charge is 0.466 e. The number of ketones is 1. The monoisotopic (exact) mass is 383 g/mol. The van der Waals surface area contributed by atoms with Gasteiger partial charge in [-0.05, 0) is 64.5 Å². The Bertz CT molecular complexity index is 823. The van der Waals surface area contributed by atoms with Crippen LogP contribution >= 0.6 is 0 Å². The van der Waals surface area contributed by atoms with E-state index in [9.17, 15) is 9.59 Å². The topological polar surface area (TPSA) is 68.9 Å². The Balaban J connectivity index is 1.69. The second kappa shape index (κ2) is 8.06. The summed E-state index contributed by atoms with van der Waals surface area (Å²) in [5.41, 5.74) is 2.06. The summed E-state index contributed by atoms with van der Waals surface area (Å²) in [4.78, 5) is 30.8. The zero-order valence-electron chi connectivity index (χ0n) is 16.8. The first-order valence-corrected chi connectivity index (χ1v) is 10.6. The van der Waals surface area contributed by atoms with Crippen LogP contribution in [0.1, 0.15) is 82.1 Å². The molecular formula is C23H29NO4. The highest BCUT2D eigenvalue weighted by Gasteiger charge is 2.45. The number of carbonyl (C=O) groups excluding carboxylic acids is 2. The lowest BCUT2D eigenvalue weighted by Crippen LogP contribution is -2.39. The van der Waals surface area contributed by atoms with E-state index in [-0.39, 0.29) is 17.9 Å². The molecule has 0 N–H and O–H groups in total. The number of esters is 1. The van der Waals surface area contributed by atoms with Crippen molar-refractivity contribution < 1.29 is 18.7 Å². The number of carbonyl (C=O) groups is 2. The molecule has 0 aromatic carbocycles. The summed E-state index contributed by atoms with van der Waals surface area (Å²) >= 11 is 0. The molecule has 4 rings (SSSR count). The highest BCUT2D eigenvalue weighted by Crippen LogP contribution is 2.43. The highest BCUT2D eigenvalue weighted by molar-refractivity contribution is 6.11. The molecule has 1 unspecified atom stereocenters. The molecule has 3 aliphatic rings. The quantitative estimate of drug-likeness (QED) is 0.542. The van der Waals surface area contributed by atoms with Crippen molar-refractivity contribution in [2.24, 2.45) is 10.9 Å². The Hall–Kier alpha value is -2.17. The molecule has 5 nitrogen and oxygen atoms in total. The standard InChI is InChI=1S/C23H29NO4/c1-14-12-13-19(27-14)22-20(23(26)28-16-8-5-3-4-6-9-16)15(2)24-17-10-7-11-18(25)21(17)22/h12-13,16,21-22H,3-11H2,1-2H3/t21?,22-/m1/s1. The van der Waals surface area contributed by atoms with Crippen molar-refractivity contribution in [2.45, 2.75) is 83.7 Å². The zero-order valence-corrected chi connectivity index (χ0v) is 16.8. The number of aliphatic imine (C=N–C) groups is 1. The number of hydrogen-bond acceptors (Lipinski definition) is 5. The Morgan fingerprint density at radius 1 is 1.04 bits per heavy atom. The van der Waals surface area contributed by atoms with Gasteiger partial charge in [0.1, 0.15) is 23.4 Å². The van der Waals surface area contributed by atoms with Crippen molar-refractivity contribution in [1.82, 2.24) is 0 Å². The number of ether oxygens (including phenoxy) is 1. The average molecular weight is 383 g/mol. The molecule has 2 saturated carbocycles. The van der Waals surface area contributed by atoms with Gasteiger partial charge in [-0.2, -0.15) is 0 Å². The molecule has 2 atom stereocenters. The van der Waals surface area contributed by atoms with Gasteiger partial charge in [0.2, 0.25) is 0 Å². The van der Waals surface area contributed by atoms with Crippen molar-refractivity contribution >= 4 is 17.5 Å². The SMILES string of the molecule is CC1=C(C(=O)OC2CCCCCC2)[C@@H](c2ccc(C)o2)C2C(=O)CCCC2=N1. The Labute approximate surface area is 166 Å². The van der Waals surface area contributed by atoms with Gasteiger partial charge in [-0.3, -0.25) is 9.79 Å². The Morgan fingerprint density at radius 3 is 2.46 bits per heavy atom. The van der Waals surface area contributed by atoms with E-state index in [2.05, 4.69) is 4.99 Å². The number of fused-ring (bicyclic) bond motifs is 1. The highest BCUT2D eigenvalue weighted by atomic mass is 16.5. The van der Waals surface area contributed by atoms with E-state index < -0.39 is 11.8 Å². The lowest BCUT2D eigenvalue weighted by molar-refractivity contribution is -0.145. The van der Waals surface area contributed by atoms with E-state index >= 15 is 0 Å². The van der Waals surface area contributed by atoms with Crippen molar-refractivity contribution in [2.75, 3.05) is 0 Å². The minimum absolute atomic E-state index is 0.0401. The maximum Gasteiger partial charge on any atom is 0.336 e. The van der Waals surface area contributed by atoms with Gasteiger partial charge in [0.25, 0.3) is 0 Å². The smallest absolute Gasteiger partial charge is 0.336 e. The molecule has 1 aliphatic heterocycles. The van der Waals surface area contributed by atoms with Crippen LogP contribution in [0.15, 0.2) is 32.8 Å². The lowest BCUT2D eigenvalue weighted by atomic mass is 9.71. The van der Waals surface area contributed by atoms with Gasteiger partial charge in [0.15, 0.2) is 0 Å². The van der Waals surface area contributed by atoms with E-state index in [4.69, 9.17) is 9.15 Å². The third-order valence-corrected chi connectivity index (χ3v) is 6.27. The molecule has 0 bridgehead atoms. The van der Waals surface area contributed by atoms with Gasteiger partial charge in [0, 0.05) is 17.8 Å². The van der Waals surface area contributed by atoms with Crippen molar-refractivity contribution in [3.05, 3.63) is 34.9 Å². The molecule has 0 saturated heterocycles. The Kier molecular flexibility index (Phi) is 5.51. The zero-order chi connectivity index (χ0) is 19.7. The summed E-state index contributed by atoms with van der Waals surface area (Å²) in [6.07, 6.45) is 8.55. The summed E-state index contributed by atoms with van der Waals surface area (Å²) in [6, 6.07) is 3.77. The normalized spacial score (nSPS) is 26.5. The molecule has 2 heterocycles. The third kappa shape index (κ3) is 3.71. The summed E-state index contributed by atoms with van der Waals surface area (Å²) in [5, 5.41) is 0. The average Bonchev–Trinajstić information content (AvgIpc) is 2.92. The summed E-state index contributed by atoms with van der Waals surface area (Å²) in [5.74, 6) is 0.432. The first kappa shape index (κ1) is 19.2. The summed E-state index contributed by atoms with van der Waals surface area (Å²) in [7, 11) is 0. The number of rotatable bonds is 3. The number of furan rings is 1. The van der Waals surface area contributed by atoms with Gasteiger partial charge in [0.05, 0.1) is 17.4 Å². The van der Waals surface area contributed by atoms with Gasteiger partial charge in [-0.15, -0.1) is 0 Å². The van der Waals surface area contributed by atoms with Gasteiger partial charge in [-0.25, -0.2) is 4.79 Å². The molecular weight excluding hydrogens is 354 g/mol. The number of aryl methyl sites for hydroxylation is 1. The fraction of sp³-hybridized carbons (Fsp3) is 0.609. The van der Waals surface area contributed by atoms with E-state index in [1.54, 1.807) is 0 Å². The molecule has 2 fully saturated rings. The van der Waals surface area contributed by atoms with E-state index in [0.717, 1.165) is 50.0 Å². The predicted molar refractivity (Wildman–Crippen MR) is 106 cm³/mol.